The summed E-state index contributed by atoms with van der Waals surface area (Å²) in [4.78, 5) is 24.3. The largest absolute Gasteiger partial charge is 0.341 e. The molecule has 1 aliphatic heterocycles. The topological polar surface area (TPSA) is 81.3 Å². The molecule has 2 rings (SSSR count). The molecular formula is C12H18N4O3. The minimum absolute atomic E-state index is 0.0140. The van der Waals surface area contributed by atoms with Crippen LogP contribution in [0.25, 0.3) is 0 Å². The molecule has 1 atom stereocenters. The van der Waals surface area contributed by atoms with Gasteiger partial charge in [0, 0.05) is 13.1 Å². The van der Waals surface area contributed by atoms with E-state index in [-0.39, 0.29) is 11.6 Å². The molecule has 2 heterocycles. The van der Waals surface area contributed by atoms with E-state index in [4.69, 9.17) is 0 Å². The van der Waals surface area contributed by atoms with Crippen molar-refractivity contribution in [2.24, 2.45) is 0 Å². The molecule has 1 saturated heterocycles. The number of amides is 1. The molecule has 0 aliphatic carbocycles. The van der Waals surface area contributed by atoms with Crippen molar-refractivity contribution in [3.63, 3.8) is 0 Å². The highest BCUT2D eigenvalue weighted by atomic mass is 16.6. The fourth-order valence-electron chi connectivity index (χ4n) is 2.30. The number of rotatable bonds is 3. The fourth-order valence-corrected chi connectivity index (χ4v) is 2.30. The third-order valence-corrected chi connectivity index (χ3v) is 3.47. The highest BCUT2D eigenvalue weighted by Crippen LogP contribution is 2.17. The van der Waals surface area contributed by atoms with Gasteiger partial charge in [0.15, 0.2) is 0 Å². The summed E-state index contributed by atoms with van der Waals surface area (Å²) >= 11 is 0. The van der Waals surface area contributed by atoms with Crippen LogP contribution in [0.4, 0.5) is 5.69 Å². The minimum Gasteiger partial charge on any atom is -0.341 e. The standard InChI is InChI=1S/C12H18N4O3/c1-10(15-9-11(8-13-15)16(18)19)12(17)14-6-4-2-3-5-7-14/h8-10H,2-7H2,1H3/t10-/m1/s1. The third kappa shape index (κ3) is 3.10. The first kappa shape index (κ1) is 13.5. The van der Waals surface area contributed by atoms with Gasteiger partial charge in [-0.1, -0.05) is 12.8 Å². The average Bonchev–Trinajstić information content (AvgIpc) is 2.73. The van der Waals surface area contributed by atoms with Gasteiger partial charge in [-0.15, -0.1) is 0 Å². The van der Waals surface area contributed by atoms with E-state index in [0.717, 1.165) is 38.8 Å². The summed E-state index contributed by atoms with van der Waals surface area (Å²) in [5.41, 5.74) is -0.0875. The lowest BCUT2D eigenvalue weighted by atomic mass is 10.2. The molecule has 7 nitrogen and oxygen atoms in total. The molecule has 7 heteroatoms. The van der Waals surface area contributed by atoms with Crippen LogP contribution in [0.5, 0.6) is 0 Å². The van der Waals surface area contributed by atoms with Gasteiger partial charge in [0.2, 0.25) is 5.91 Å². The Morgan fingerprint density at radius 2 is 2.00 bits per heavy atom. The van der Waals surface area contributed by atoms with Crippen LogP contribution in [-0.4, -0.2) is 38.6 Å². The van der Waals surface area contributed by atoms with Crippen LogP contribution in [0, 0.1) is 10.1 Å². The highest BCUT2D eigenvalue weighted by Gasteiger charge is 2.24. The van der Waals surface area contributed by atoms with E-state index in [0.29, 0.717) is 0 Å². The maximum atomic E-state index is 12.3. The van der Waals surface area contributed by atoms with Crippen LogP contribution < -0.4 is 0 Å². The minimum atomic E-state index is -0.507. The van der Waals surface area contributed by atoms with Crippen molar-refractivity contribution in [2.75, 3.05) is 13.1 Å². The molecule has 104 valence electrons. The molecular weight excluding hydrogens is 248 g/mol. The van der Waals surface area contributed by atoms with Gasteiger partial charge in [0.1, 0.15) is 18.4 Å². The lowest BCUT2D eigenvalue weighted by Crippen LogP contribution is -2.37. The van der Waals surface area contributed by atoms with Crippen molar-refractivity contribution in [3.05, 3.63) is 22.5 Å². The molecule has 0 saturated carbocycles. The van der Waals surface area contributed by atoms with Crippen LogP contribution in [0.15, 0.2) is 12.4 Å². The maximum Gasteiger partial charge on any atom is 0.307 e. The number of aromatic nitrogens is 2. The van der Waals surface area contributed by atoms with E-state index in [1.54, 1.807) is 6.92 Å². The molecule has 1 aromatic heterocycles. The zero-order valence-electron chi connectivity index (χ0n) is 11.0. The van der Waals surface area contributed by atoms with E-state index < -0.39 is 11.0 Å². The van der Waals surface area contributed by atoms with Gasteiger partial charge in [-0.25, -0.2) is 0 Å². The zero-order chi connectivity index (χ0) is 13.8. The molecule has 19 heavy (non-hydrogen) atoms. The second kappa shape index (κ2) is 5.81. The lowest BCUT2D eigenvalue weighted by molar-refractivity contribution is -0.385. The van der Waals surface area contributed by atoms with Crippen LogP contribution in [0.2, 0.25) is 0 Å². The van der Waals surface area contributed by atoms with Crippen LogP contribution in [0.3, 0.4) is 0 Å². The van der Waals surface area contributed by atoms with Crippen LogP contribution >= 0.6 is 0 Å². The maximum absolute atomic E-state index is 12.3. The average molecular weight is 266 g/mol. The van der Waals surface area contributed by atoms with Gasteiger partial charge in [-0.2, -0.15) is 5.10 Å². The SMILES string of the molecule is C[C@H](C(=O)N1CCCCCC1)n1cc([N+](=O)[O-])cn1. The Balaban J connectivity index is 2.06. The number of hydrogen-bond acceptors (Lipinski definition) is 4. The Morgan fingerprint density at radius 1 is 1.37 bits per heavy atom. The summed E-state index contributed by atoms with van der Waals surface area (Å²) in [5.74, 6) is -0.0140. The van der Waals surface area contributed by atoms with Gasteiger partial charge in [-0.05, 0) is 19.8 Å². The molecule has 0 aromatic carbocycles. The van der Waals surface area contributed by atoms with Crippen molar-refractivity contribution < 1.29 is 9.72 Å². The van der Waals surface area contributed by atoms with Crippen molar-refractivity contribution >= 4 is 11.6 Å². The van der Waals surface area contributed by atoms with Crippen molar-refractivity contribution in [1.82, 2.24) is 14.7 Å². The lowest BCUT2D eigenvalue weighted by Gasteiger charge is -2.24. The van der Waals surface area contributed by atoms with E-state index in [9.17, 15) is 14.9 Å². The molecule has 1 amide bonds. The number of likely N-dealkylation sites (tertiary alicyclic amines) is 1. The molecule has 0 unspecified atom stereocenters. The summed E-state index contributed by atoms with van der Waals surface area (Å²) in [6.45, 7) is 3.27. The van der Waals surface area contributed by atoms with Gasteiger partial charge in [-0.3, -0.25) is 19.6 Å². The fraction of sp³-hybridized carbons (Fsp3) is 0.667. The monoisotopic (exact) mass is 266 g/mol. The summed E-state index contributed by atoms with van der Waals surface area (Å²) in [5, 5.41) is 14.5. The quantitative estimate of drug-likeness (QED) is 0.616. The number of carbonyl (C=O) groups is 1. The second-order valence-electron chi connectivity index (χ2n) is 4.85. The summed E-state index contributed by atoms with van der Waals surface area (Å²) in [6.07, 6.45) is 6.85. The van der Waals surface area contributed by atoms with E-state index in [1.807, 2.05) is 4.90 Å². The second-order valence-corrected chi connectivity index (χ2v) is 4.85. The summed E-state index contributed by atoms with van der Waals surface area (Å²) < 4.78 is 1.37. The first-order chi connectivity index (χ1) is 9.09. The molecule has 1 fully saturated rings. The smallest absolute Gasteiger partial charge is 0.307 e. The molecule has 0 N–H and O–H groups in total. The third-order valence-electron chi connectivity index (χ3n) is 3.47. The predicted molar refractivity (Wildman–Crippen MR) is 68.6 cm³/mol. The number of nitrogens with zero attached hydrogens (tertiary/aromatic N) is 4. The Hall–Kier alpha value is -1.92. The number of carbonyl (C=O) groups excluding carboxylic acids is 1. The van der Waals surface area contributed by atoms with Gasteiger partial charge >= 0.3 is 5.69 Å². The van der Waals surface area contributed by atoms with Crippen molar-refractivity contribution in [2.45, 2.75) is 38.6 Å². The Labute approximate surface area is 111 Å². The first-order valence-electron chi connectivity index (χ1n) is 6.57. The normalized spacial score (nSPS) is 17.8. The van der Waals surface area contributed by atoms with Gasteiger partial charge in [0.25, 0.3) is 0 Å². The molecule has 0 radical (unpaired) electrons. The van der Waals surface area contributed by atoms with Crippen molar-refractivity contribution in [3.8, 4) is 0 Å². The highest BCUT2D eigenvalue weighted by molar-refractivity contribution is 5.80. The first-order valence-corrected chi connectivity index (χ1v) is 6.57. The van der Waals surface area contributed by atoms with Gasteiger partial charge < -0.3 is 4.90 Å². The number of hydrogen-bond donors (Lipinski definition) is 0. The molecule has 1 aromatic rings. The summed E-state index contributed by atoms with van der Waals surface area (Å²) in [7, 11) is 0. The molecule has 0 bridgehead atoms. The number of nitro groups is 1. The Bertz CT molecular complexity index is 463. The van der Waals surface area contributed by atoms with Gasteiger partial charge in [0.05, 0.1) is 4.92 Å². The van der Waals surface area contributed by atoms with E-state index in [1.165, 1.54) is 17.1 Å². The summed E-state index contributed by atoms with van der Waals surface area (Å²) in [6, 6.07) is -0.494. The van der Waals surface area contributed by atoms with Crippen LogP contribution in [0.1, 0.15) is 38.6 Å². The van der Waals surface area contributed by atoms with E-state index >= 15 is 0 Å². The Kier molecular flexibility index (Phi) is 4.13. The van der Waals surface area contributed by atoms with Crippen molar-refractivity contribution in [1.29, 1.82) is 0 Å². The zero-order valence-corrected chi connectivity index (χ0v) is 11.0. The van der Waals surface area contributed by atoms with Crippen LogP contribution in [-0.2, 0) is 4.79 Å². The Morgan fingerprint density at radius 3 is 2.53 bits per heavy atom. The molecule has 0 spiro atoms. The predicted octanol–water partition coefficient (Wildman–Crippen LogP) is 1.75. The van der Waals surface area contributed by atoms with E-state index in [2.05, 4.69) is 5.10 Å². The molecule has 1 aliphatic rings.